The largest absolute Gasteiger partial charge is 0.337 e. The second-order valence-electron chi connectivity index (χ2n) is 1.90. The molecule has 0 spiro atoms. The summed E-state index contributed by atoms with van der Waals surface area (Å²) in [5.41, 5.74) is 0. The normalized spacial score (nSPS) is 39.8. The molecule has 0 radical (unpaired) electrons. The molecule has 0 amide bonds. The van der Waals surface area contributed by atoms with E-state index in [1.54, 1.807) is 0 Å². The third-order valence-electron chi connectivity index (χ3n) is 1.11. The van der Waals surface area contributed by atoms with Crippen LogP contribution in [0.15, 0.2) is 0 Å². The Balaban J connectivity index is 2.23. The van der Waals surface area contributed by atoms with Crippen LogP contribution in [0.4, 0.5) is 0 Å². The number of nitrogens with one attached hydrogen (secondary N) is 1. The number of hydrogen-bond donors (Lipinski definition) is 1. The van der Waals surface area contributed by atoms with Crippen molar-refractivity contribution in [2.45, 2.75) is 26.3 Å². The first-order valence-electron chi connectivity index (χ1n) is 2.78. The number of rotatable bonds is 0. The minimum absolute atomic E-state index is 0.138. The summed E-state index contributed by atoms with van der Waals surface area (Å²) in [6, 6.07) is 0. The van der Waals surface area contributed by atoms with Gasteiger partial charge in [-0.3, -0.25) is 5.32 Å². The smallest absolute Gasteiger partial charge is 0.150 e. The van der Waals surface area contributed by atoms with Crippen LogP contribution in [0.25, 0.3) is 0 Å². The Bertz CT molecular complexity index is 68.8. The SMILES string of the molecule is CC1NC(C)OCO1. The van der Waals surface area contributed by atoms with E-state index >= 15 is 0 Å². The molecule has 0 aromatic rings. The number of ether oxygens (including phenoxy) is 2. The number of hydrogen-bond acceptors (Lipinski definition) is 3. The Morgan fingerprint density at radius 1 is 1.25 bits per heavy atom. The second kappa shape index (κ2) is 2.44. The van der Waals surface area contributed by atoms with Crippen molar-refractivity contribution in [1.82, 2.24) is 5.32 Å². The summed E-state index contributed by atoms with van der Waals surface area (Å²) in [5, 5.41) is 3.03. The van der Waals surface area contributed by atoms with E-state index in [4.69, 9.17) is 9.47 Å². The highest BCUT2D eigenvalue weighted by Gasteiger charge is 2.12. The Hall–Kier alpha value is -0.120. The lowest BCUT2D eigenvalue weighted by Crippen LogP contribution is -2.43. The van der Waals surface area contributed by atoms with Gasteiger partial charge in [-0.1, -0.05) is 0 Å². The Kier molecular flexibility index (Phi) is 1.83. The zero-order valence-electron chi connectivity index (χ0n) is 5.18. The lowest BCUT2D eigenvalue weighted by atomic mass is 10.5. The van der Waals surface area contributed by atoms with Crippen molar-refractivity contribution in [2.24, 2.45) is 0 Å². The van der Waals surface area contributed by atoms with Crippen LogP contribution in [0.3, 0.4) is 0 Å². The van der Waals surface area contributed by atoms with Crippen molar-refractivity contribution < 1.29 is 9.47 Å². The summed E-state index contributed by atoms with van der Waals surface area (Å²) in [7, 11) is 0. The van der Waals surface area contributed by atoms with E-state index in [-0.39, 0.29) is 12.5 Å². The maximum absolute atomic E-state index is 5.01. The molecular weight excluding hydrogens is 106 g/mol. The van der Waals surface area contributed by atoms with Crippen LogP contribution in [0.2, 0.25) is 0 Å². The molecule has 8 heavy (non-hydrogen) atoms. The molecule has 48 valence electrons. The predicted molar refractivity (Wildman–Crippen MR) is 29.1 cm³/mol. The highest BCUT2D eigenvalue weighted by molar-refractivity contribution is 4.52. The molecule has 0 aromatic heterocycles. The van der Waals surface area contributed by atoms with Gasteiger partial charge in [-0.2, -0.15) is 0 Å². The van der Waals surface area contributed by atoms with Gasteiger partial charge in [0, 0.05) is 0 Å². The zero-order chi connectivity index (χ0) is 5.98. The van der Waals surface area contributed by atoms with Gasteiger partial charge in [-0.25, -0.2) is 0 Å². The Morgan fingerprint density at radius 2 is 1.75 bits per heavy atom. The van der Waals surface area contributed by atoms with E-state index in [1.165, 1.54) is 0 Å². The molecule has 1 aliphatic heterocycles. The van der Waals surface area contributed by atoms with E-state index in [0.29, 0.717) is 6.79 Å². The standard InChI is InChI=1S/C5H11NO2/c1-4-6-5(2)8-3-7-4/h4-6H,3H2,1-2H3. The van der Waals surface area contributed by atoms with Crippen molar-refractivity contribution in [3.05, 3.63) is 0 Å². The summed E-state index contributed by atoms with van der Waals surface area (Å²) in [5.74, 6) is 0. The average Bonchev–Trinajstić information content (AvgIpc) is 1.64. The molecule has 1 aliphatic rings. The van der Waals surface area contributed by atoms with Crippen LogP contribution in [0.5, 0.6) is 0 Å². The van der Waals surface area contributed by atoms with E-state index in [2.05, 4.69) is 5.32 Å². The van der Waals surface area contributed by atoms with Crippen LogP contribution >= 0.6 is 0 Å². The van der Waals surface area contributed by atoms with Crippen molar-refractivity contribution in [1.29, 1.82) is 0 Å². The molecule has 1 rings (SSSR count). The molecular formula is C5H11NO2. The van der Waals surface area contributed by atoms with E-state index in [9.17, 15) is 0 Å². The Morgan fingerprint density at radius 3 is 2.00 bits per heavy atom. The van der Waals surface area contributed by atoms with Crippen LogP contribution in [0, 0.1) is 0 Å². The summed E-state index contributed by atoms with van der Waals surface area (Å²) < 4.78 is 10.0. The maximum atomic E-state index is 5.01. The summed E-state index contributed by atoms with van der Waals surface area (Å²) in [4.78, 5) is 0. The molecule has 1 saturated heterocycles. The minimum atomic E-state index is 0.138. The van der Waals surface area contributed by atoms with Crippen molar-refractivity contribution in [3.63, 3.8) is 0 Å². The first kappa shape index (κ1) is 6.01. The molecule has 1 heterocycles. The summed E-state index contributed by atoms with van der Waals surface area (Å²) >= 11 is 0. The quantitative estimate of drug-likeness (QED) is 0.494. The lowest BCUT2D eigenvalue weighted by molar-refractivity contribution is -0.184. The average molecular weight is 117 g/mol. The molecule has 2 atom stereocenters. The first-order valence-corrected chi connectivity index (χ1v) is 2.78. The van der Waals surface area contributed by atoms with Crippen molar-refractivity contribution in [2.75, 3.05) is 6.79 Å². The van der Waals surface area contributed by atoms with Gasteiger partial charge >= 0.3 is 0 Å². The Labute approximate surface area is 49.0 Å². The van der Waals surface area contributed by atoms with Crippen LogP contribution in [-0.4, -0.2) is 19.2 Å². The molecule has 1 fully saturated rings. The lowest BCUT2D eigenvalue weighted by Gasteiger charge is -2.26. The fourth-order valence-electron chi connectivity index (χ4n) is 0.670. The highest BCUT2D eigenvalue weighted by Crippen LogP contribution is 1.98. The molecule has 0 aromatic carbocycles. The van der Waals surface area contributed by atoms with Gasteiger partial charge in [0.05, 0.1) is 0 Å². The van der Waals surface area contributed by atoms with Gasteiger partial charge in [0.15, 0.2) is 6.79 Å². The van der Waals surface area contributed by atoms with Gasteiger partial charge in [0.1, 0.15) is 12.5 Å². The predicted octanol–water partition coefficient (Wildman–Crippen LogP) is 0.272. The van der Waals surface area contributed by atoms with Crippen LogP contribution in [0.1, 0.15) is 13.8 Å². The van der Waals surface area contributed by atoms with Crippen molar-refractivity contribution >= 4 is 0 Å². The highest BCUT2D eigenvalue weighted by atomic mass is 16.7. The van der Waals surface area contributed by atoms with Gasteiger partial charge in [-0.15, -0.1) is 0 Å². The van der Waals surface area contributed by atoms with Gasteiger partial charge in [0.2, 0.25) is 0 Å². The fourth-order valence-corrected chi connectivity index (χ4v) is 0.670. The molecule has 0 aliphatic carbocycles. The summed E-state index contributed by atoms with van der Waals surface area (Å²) in [6.45, 7) is 4.33. The first-order chi connectivity index (χ1) is 3.79. The van der Waals surface area contributed by atoms with Crippen LogP contribution < -0.4 is 5.32 Å². The molecule has 0 saturated carbocycles. The third-order valence-corrected chi connectivity index (χ3v) is 1.11. The van der Waals surface area contributed by atoms with E-state index in [0.717, 1.165) is 0 Å². The molecule has 0 bridgehead atoms. The second-order valence-corrected chi connectivity index (χ2v) is 1.90. The van der Waals surface area contributed by atoms with Crippen molar-refractivity contribution in [3.8, 4) is 0 Å². The third kappa shape index (κ3) is 1.43. The van der Waals surface area contributed by atoms with Gasteiger partial charge in [-0.05, 0) is 13.8 Å². The van der Waals surface area contributed by atoms with Gasteiger partial charge < -0.3 is 9.47 Å². The maximum Gasteiger partial charge on any atom is 0.150 e. The molecule has 2 unspecified atom stereocenters. The molecule has 3 heteroatoms. The molecule has 3 nitrogen and oxygen atoms in total. The van der Waals surface area contributed by atoms with E-state index in [1.807, 2.05) is 13.8 Å². The van der Waals surface area contributed by atoms with E-state index < -0.39 is 0 Å². The van der Waals surface area contributed by atoms with Gasteiger partial charge in [0.25, 0.3) is 0 Å². The monoisotopic (exact) mass is 117 g/mol. The topological polar surface area (TPSA) is 30.5 Å². The summed E-state index contributed by atoms with van der Waals surface area (Å²) in [6.07, 6.45) is 0.275. The zero-order valence-corrected chi connectivity index (χ0v) is 5.18. The fraction of sp³-hybridized carbons (Fsp3) is 1.00. The van der Waals surface area contributed by atoms with Crippen LogP contribution in [-0.2, 0) is 9.47 Å². The molecule has 1 N–H and O–H groups in total. The minimum Gasteiger partial charge on any atom is -0.337 e.